The van der Waals surface area contributed by atoms with Crippen LogP contribution >= 0.6 is 0 Å². The molecular weight excluding hydrogens is 264 g/mol. The van der Waals surface area contributed by atoms with Gasteiger partial charge in [-0.2, -0.15) is 0 Å². The Balaban J connectivity index is 2.40. The van der Waals surface area contributed by atoms with E-state index in [9.17, 15) is 13.2 Å². The van der Waals surface area contributed by atoms with Crippen LogP contribution in [0.15, 0.2) is 23.1 Å². The first-order valence-corrected chi connectivity index (χ1v) is 8.10. The molecule has 19 heavy (non-hydrogen) atoms. The minimum atomic E-state index is -3.37. The van der Waals surface area contributed by atoms with Gasteiger partial charge in [-0.3, -0.25) is 4.79 Å². The van der Waals surface area contributed by atoms with E-state index in [2.05, 4.69) is 0 Å². The molecule has 1 aromatic carbocycles. The van der Waals surface area contributed by atoms with Crippen LogP contribution in [-0.2, 0) is 9.84 Å². The molecule has 1 amide bonds. The van der Waals surface area contributed by atoms with E-state index in [1.165, 1.54) is 18.2 Å². The van der Waals surface area contributed by atoms with Crippen LogP contribution in [0.1, 0.15) is 30.1 Å². The lowest BCUT2D eigenvalue weighted by atomic mass is 10.1. The predicted molar refractivity (Wildman–Crippen MR) is 73.7 cm³/mol. The van der Waals surface area contributed by atoms with Crippen LogP contribution in [0.3, 0.4) is 0 Å². The van der Waals surface area contributed by atoms with E-state index in [-0.39, 0.29) is 22.5 Å². The average molecular weight is 282 g/mol. The molecule has 2 rings (SSSR count). The molecule has 1 aliphatic rings. The number of nitrogen functional groups attached to an aromatic ring is 1. The first-order valence-electron chi connectivity index (χ1n) is 6.20. The summed E-state index contributed by atoms with van der Waals surface area (Å²) >= 11 is 0. The fourth-order valence-corrected chi connectivity index (χ4v) is 3.05. The molecule has 5 nitrogen and oxygen atoms in total. The van der Waals surface area contributed by atoms with Gasteiger partial charge < -0.3 is 10.6 Å². The fourth-order valence-electron chi connectivity index (χ4n) is 2.36. The molecule has 1 aromatic rings. The zero-order valence-electron chi connectivity index (χ0n) is 11.1. The van der Waals surface area contributed by atoms with Crippen molar-refractivity contribution in [1.29, 1.82) is 0 Å². The van der Waals surface area contributed by atoms with Crippen molar-refractivity contribution in [2.75, 3.05) is 18.5 Å². The van der Waals surface area contributed by atoms with E-state index < -0.39 is 9.84 Å². The second-order valence-corrected chi connectivity index (χ2v) is 7.07. The predicted octanol–water partition coefficient (Wildman–Crippen LogP) is 1.30. The van der Waals surface area contributed by atoms with Crippen LogP contribution in [0.4, 0.5) is 5.69 Å². The molecule has 6 heteroatoms. The third kappa shape index (κ3) is 2.89. The summed E-state index contributed by atoms with van der Waals surface area (Å²) < 4.78 is 23.1. The smallest absolute Gasteiger partial charge is 0.254 e. The Hall–Kier alpha value is -1.56. The van der Waals surface area contributed by atoms with Gasteiger partial charge in [0.25, 0.3) is 5.91 Å². The molecule has 0 bridgehead atoms. The summed E-state index contributed by atoms with van der Waals surface area (Å²) in [7, 11) is -3.37. The molecule has 1 aliphatic heterocycles. The Bertz CT molecular complexity index is 610. The van der Waals surface area contributed by atoms with Crippen molar-refractivity contribution in [3.05, 3.63) is 23.8 Å². The molecule has 0 aromatic heterocycles. The number of carbonyl (C=O) groups excluding carboxylic acids is 1. The van der Waals surface area contributed by atoms with E-state index in [0.717, 1.165) is 19.1 Å². The maximum atomic E-state index is 12.4. The number of rotatable bonds is 2. The van der Waals surface area contributed by atoms with Crippen molar-refractivity contribution in [2.24, 2.45) is 0 Å². The number of hydrogen-bond donors (Lipinski definition) is 1. The quantitative estimate of drug-likeness (QED) is 0.829. The zero-order chi connectivity index (χ0) is 14.2. The van der Waals surface area contributed by atoms with Gasteiger partial charge in [-0.1, -0.05) is 0 Å². The molecule has 0 saturated carbocycles. The number of amides is 1. The number of likely N-dealkylation sites (tertiary alicyclic amines) is 1. The van der Waals surface area contributed by atoms with Crippen molar-refractivity contribution in [2.45, 2.75) is 30.7 Å². The van der Waals surface area contributed by atoms with Crippen LogP contribution in [0, 0.1) is 0 Å². The standard InChI is InChI=1S/C13H18N2O3S/c1-9-4-3-5-15(9)13(16)10-6-11(14)8-12(7-10)19(2,17)18/h6-9H,3-5,14H2,1-2H3. The van der Waals surface area contributed by atoms with E-state index in [4.69, 9.17) is 5.73 Å². The lowest BCUT2D eigenvalue weighted by Gasteiger charge is -2.21. The van der Waals surface area contributed by atoms with Crippen molar-refractivity contribution in [1.82, 2.24) is 4.90 Å². The molecule has 2 N–H and O–H groups in total. The summed E-state index contributed by atoms with van der Waals surface area (Å²) in [5, 5.41) is 0. The number of nitrogens with two attached hydrogens (primary N) is 1. The molecule has 0 aliphatic carbocycles. The second kappa shape index (κ2) is 4.85. The maximum Gasteiger partial charge on any atom is 0.254 e. The van der Waals surface area contributed by atoms with E-state index in [1.54, 1.807) is 4.90 Å². The molecule has 1 heterocycles. The lowest BCUT2D eigenvalue weighted by molar-refractivity contribution is 0.0747. The number of nitrogens with zero attached hydrogens (tertiary/aromatic N) is 1. The largest absolute Gasteiger partial charge is 0.399 e. The number of benzene rings is 1. The van der Waals surface area contributed by atoms with Gasteiger partial charge in [-0.15, -0.1) is 0 Å². The maximum absolute atomic E-state index is 12.4. The van der Waals surface area contributed by atoms with Crippen LogP contribution in [0.25, 0.3) is 0 Å². The van der Waals surface area contributed by atoms with Gasteiger partial charge in [0.05, 0.1) is 4.90 Å². The SMILES string of the molecule is CC1CCCN1C(=O)c1cc(N)cc(S(C)(=O)=O)c1. The number of sulfone groups is 1. The van der Waals surface area contributed by atoms with Crippen molar-refractivity contribution < 1.29 is 13.2 Å². The minimum Gasteiger partial charge on any atom is -0.399 e. The number of hydrogen-bond acceptors (Lipinski definition) is 4. The van der Waals surface area contributed by atoms with Gasteiger partial charge in [-0.25, -0.2) is 8.42 Å². The van der Waals surface area contributed by atoms with Gasteiger partial charge >= 0.3 is 0 Å². The summed E-state index contributed by atoms with van der Waals surface area (Å²) in [6.45, 7) is 2.71. The third-order valence-corrected chi connectivity index (χ3v) is 4.51. The van der Waals surface area contributed by atoms with Gasteiger partial charge in [0.15, 0.2) is 9.84 Å². The summed E-state index contributed by atoms with van der Waals surface area (Å²) in [6, 6.07) is 4.50. The fraction of sp³-hybridized carbons (Fsp3) is 0.462. The van der Waals surface area contributed by atoms with Gasteiger partial charge in [0.2, 0.25) is 0 Å². The highest BCUT2D eigenvalue weighted by Gasteiger charge is 2.26. The minimum absolute atomic E-state index is 0.0858. The molecule has 1 fully saturated rings. The average Bonchev–Trinajstić information content (AvgIpc) is 2.72. The highest BCUT2D eigenvalue weighted by Crippen LogP contribution is 2.23. The van der Waals surface area contributed by atoms with Crippen LogP contribution in [0.2, 0.25) is 0 Å². The summed E-state index contributed by atoms with van der Waals surface area (Å²) in [5.74, 6) is -0.151. The summed E-state index contributed by atoms with van der Waals surface area (Å²) in [4.78, 5) is 14.2. The lowest BCUT2D eigenvalue weighted by Crippen LogP contribution is -2.33. The Labute approximate surface area is 113 Å². The summed E-state index contributed by atoms with van der Waals surface area (Å²) in [5.41, 5.74) is 6.32. The van der Waals surface area contributed by atoms with Gasteiger partial charge in [-0.05, 0) is 38.0 Å². The van der Waals surface area contributed by atoms with E-state index in [0.29, 0.717) is 12.1 Å². The van der Waals surface area contributed by atoms with Crippen molar-refractivity contribution in [3.63, 3.8) is 0 Å². The normalized spacial score (nSPS) is 19.7. The number of carbonyl (C=O) groups is 1. The first-order chi connectivity index (χ1) is 8.79. The molecule has 104 valence electrons. The Morgan fingerprint density at radius 3 is 2.58 bits per heavy atom. The molecule has 1 saturated heterocycles. The molecule has 0 radical (unpaired) electrons. The van der Waals surface area contributed by atoms with Crippen molar-refractivity contribution >= 4 is 21.4 Å². The highest BCUT2D eigenvalue weighted by molar-refractivity contribution is 7.90. The van der Waals surface area contributed by atoms with E-state index >= 15 is 0 Å². The van der Waals surface area contributed by atoms with Crippen molar-refractivity contribution in [3.8, 4) is 0 Å². The van der Waals surface area contributed by atoms with Gasteiger partial charge in [0, 0.05) is 30.1 Å². The first kappa shape index (κ1) is 13.9. The Morgan fingerprint density at radius 2 is 2.05 bits per heavy atom. The highest BCUT2D eigenvalue weighted by atomic mass is 32.2. The number of anilines is 1. The van der Waals surface area contributed by atoms with Gasteiger partial charge in [0.1, 0.15) is 0 Å². The Morgan fingerprint density at radius 1 is 1.37 bits per heavy atom. The molecule has 0 spiro atoms. The van der Waals surface area contributed by atoms with Crippen LogP contribution in [-0.4, -0.2) is 38.1 Å². The van der Waals surface area contributed by atoms with Crippen LogP contribution < -0.4 is 5.73 Å². The third-order valence-electron chi connectivity index (χ3n) is 3.42. The topological polar surface area (TPSA) is 80.5 Å². The monoisotopic (exact) mass is 282 g/mol. The summed E-state index contributed by atoms with van der Waals surface area (Å²) in [6.07, 6.45) is 3.07. The second-order valence-electron chi connectivity index (χ2n) is 5.05. The van der Waals surface area contributed by atoms with Crippen LogP contribution in [0.5, 0.6) is 0 Å². The Kier molecular flexibility index (Phi) is 3.54. The zero-order valence-corrected chi connectivity index (χ0v) is 11.9. The molecular formula is C13H18N2O3S. The molecule has 1 atom stereocenters. The van der Waals surface area contributed by atoms with E-state index in [1.807, 2.05) is 6.92 Å². The molecule has 1 unspecified atom stereocenters.